The smallest absolute Gasteiger partial charge is 0.145 e. The molecule has 0 spiro atoms. The summed E-state index contributed by atoms with van der Waals surface area (Å²) in [5.74, 6) is 0. The van der Waals surface area contributed by atoms with Crippen molar-refractivity contribution in [2.24, 2.45) is 0 Å². The molecular formula is C56H37NO. The maximum atomic E-state index is 6.98. The highest BCUT2D eigenvalue weighted by Gasteiger charge is 2.26. The Kier molecular flexibility index (Phi) is 8.19. The average molecular weight is 740 g/mol. The minimum atomic E-state index is 0.858. The molecule has 0 amide bonds. The van der Waals surface area contributed by atoms with Crippen LogP contribution >= 0.6 is 0 Å². The van der Waals surface area contributed by atoms with Crippen LogP contribution in [0.25, 0.3) is 88.0 Å². The van der Waals surface area contributed by atoms with Gasteiger partial charge in [0.25, 0.3) is 0 Å². The lowest BCUT2D eigenvalue weighted by atomic mass is 9.92. The van der Waals surface area contributed by atoms with Crippen molar-refractivity contribution in [3.63, 3.8) is 0 Å². The molecule has 0 aliphatic carbocycles. The van der Waals surface area contributed by atoms with E-state index in [9.17, 15) is 0 Å². The monoisotopic (exact) mass is 739 g/mol. The second kappa shape index (κ2) is 14.1. The third-order valence-electron chi connectivity index (χ3n) is 11.5. The number of anilines is 3. The molecule has 0 radical (unpaired) electrons. The first-order chi connectivity index (χ1) is 28.8. The van der Waals surface area contributed by atoms with E-state index < -0.39 is 0 Å². The second-order valence-corrected chi connectivity index (χ2v) is 14.8. The van der Waals surface area contributed by atoms with E-state index in [0.717, 1.165) is 72.4 Å². The fourth-order valence-corrected chi connectivity index (χ4v) is 8.81. The van der Waals surface area contributed by atoms with Crippen molar-refractivity contribution in [2.75, 3.05) is 4.90 Å². The van der Waals surface area contributed by atoms with Gasteiger partial charge in [0.05, 0.1) is 22.4 Å². The molecule has 58 heavy (non-hydrogen) atoms. The fourth-order valence-electron chi connectivity index (χ4n) is 8.81. The maximum Gasteiger partial charge on any atom is 0.145 e. The summed E-state index contributed by atoms with van der Waals surface area (Å²) in [6, 6.07) is 80.7. The van der Waals surface area contributed by atoms with Gasteiger partial charge >= 0.3 is 0 Å². The summed E-state index contributed by atoms with van der Waals surface area (Å²) < 4.78 is 6.98. The van der Waals surface area contributed by atoms with Crippen LogP contribution in [0.15, 0.2) is 229 Å². The molecule has 11 rings (SSSR count). The molecule has 2 heteroatoms. The molecule has 0 aliphatic heterocycles. The Morgan fingerprint density at radius 1 is 0.293 bits per heavy atom. The third kappa shape index (κ3) is 5.66. The Morgan fingerprint density at radius 3 is 1.71 bits per heavy atom. The number of nitrogens with zero attached hydrogens (tertiary/aromatic N) is 1. The Morgan fingerprint density at radius 2 is 0.879 bits per heavy atom. The minimum absolute atomic E-state index is 0.858. The van der Waals surface area contributed by atoms with Gasteiger partial charge in [-0.05, 0) is 85.8 Å². The van der Waals surface area contributed by atoms with Crippen molar-refractivity contribution in [1.29, 1.82) is 0 Å². The van der Waals surface area contributed by atoms with Gasteiger partial charge in [0, 0.05) is 22.1 Å². The van der Waals surface area contributed by atoms with Gasteiger partial charge in [-0.1, -0.05) is 188 Å². The molecule has 0 fully saturated rings. The largest absolute Gasteiger partial charge is 0.455 e. The van der Waals surface area contributed by atoms with E-state index in [1.165, 1.54) is 32.7 Å². The summed E-state index contributed by atoms with van der Waals surface area (Å²) >= 11 is 0. The van der Waals surface area contributed by atoms with Crippen molar-refractivity contribution in [3.8, 4) is 44.5 Å². The molecule has 272 valence electrons. The lowest BCUT2D eigenvalue weighted by Gasteiger charge is -2.31. The number of benzene rings is 10. The van der Waals surface area contributed by atoms with Crippen LogP contribution in [0.2, 0.25) is 0 Å². The average Bonchev–Trinajstić information content (AvgIpc) is 3.70. The van der Waals surface area contributed by atoms with Crippen molar-refractivity contribution in [1.82, 2.24) is 0 Å². The van der Waals surface area contributed by atoms with Gasteiger partial charge in [-0.25, -0.2) is 0 Å². The van der Waals surface area contributed by atoms with Crippen LogP contribution in [0.3, 0.4) is 0 Å². The van der Waals surface area contributed by atoms with Gasteiger partial charge < -0.3 is 9.32 Å². The topological polar surface area (TPSA) is 16.4 Å². The van der Waals surface area contributed by atoms with Gasteiger partial charge in [0.15, 0.2) is 0 Å². The normalized spacial score (nSPS) is 11.4. The molecule has 0 saturated carbocycles. The standard InChI is InChI=1S/C56H37NO/c1-2-18-39(19-3-1)43-24-8-9-26-46(43)48-27-11-14-31-52(48)57(51-30-13-10-25-45(51)42-34-33-38-17-4-5-21-41(38)37-42)53-36-35-49(47-29-16-22-40-20-6-7-23-44(40)47)56-55(53)50-28-12-15-32-54(50)58-56/h1-37H. The Bertz CT molecular complexity index is 3300. The van der Waals surface area contributed by atoms with Crippen LogP contribution in [0.5, 0.6) is 0 Å². The molecule has 2 nitrogen and oxygen atoms in total. The molecule has 0 saturated heterocycles. The van der Waals surface area contributed by atoms with E-state index in [1.54, 1.807) is 0 Å². The molecule has 0 unspecified atom stereocenters. The van der Waals surface area contributed by atoms with E-state index in [1.807, 2.05) is 0 Å². The number of rotatable bonds is 7. The van der Waals surface area contributed by atoms with Crippen molar-refractivity contribution < 1.29 is 4.42 Å². The Balaban J connectivity index is 1.24. The lowest BCUT2D eigenvalue weighted by molar-refractivity contribution is 0.670. The zero-order valence-corrected chi connectivity index (χ0v) is 31.7. The van der Waals surface area contributed by atoms with E-state index in [4.69, 9.17) is 4.42 Å². The number of fused-ring (bicyclic) bond motifs is 5. The highest BCUT2D eigenvalue weighted by atomic mass is 16.3. The Labute approximate surface area is 337 Å². The van der Waals surface area contributed by atoms with E-state index in [2.05, 4.69) is 229 Å². The van der Waals surface area contributed by atoms with Crippen molar-refractivity contribution in [3.05, 3.63) is 224 Å². The number of furan rings is 1. The summed E-state index contributed by atoms with van der Waals surface area (Å²) in [6.45, 7) is 0. The molecule has 1 heterocycles. The zero-order valence-electron chi connectivity index (χ0n) is 31.7. The summed E-state index contributed by atoms with van der Waals surface area (Å²) in [4.78, 5) is 2.47. The molecule has 0 aliphatic rings. The maximum absolute atomic E-state index is 6.98. The molecular weight excluding hydrogens is 703 g/mol. The molecule has 0 bridgehead atoms. The highest BCUT2D eigenvalue weighted by molar-refractivity contribution is 6.19. The zero-order chi connectivity index (χ0) is 38.4. The van der Waals surface area contributed by atoms with E-state index in [-0.39, 0.29) is 0 Å². The quantitative estimate of drug-likeness (QED) is 0.162. The third-order valence-corrected chi connectivity index (χ3v) is 11.5. The first kappa shape index (κ1) is 33.6. The molecule has 10 aromatic carbocycles. The number of para-hydroxylation sites is 3. The number of hydrogen-bond acceptors (Lipinski definition) is 2. The van der Waals surface area contributed by atoms with Gasteiger partial charge in [0.2, 0.25) is 0 Å². The summed E-state index contributed by atoms with van der Waals surface area (Å²) in [6.07, 6.45) is 0. The van der Waals surface area contributed by atoms with Crippen LogP contribution in [-0.2, 0) is 0 Å². The van der Waals surface area contributed by atoms with Gasteiger partial charge in [-0.15, -0.1) is 0 Å². The van der Waals surface area contributed by atoms with Crippen LogP contribution < -0.4 is 4.90 Å². The van der Waals surface area contributed by atoms with Gasteiger partial charge in [-0.2, -0.15) is 0 Å². The number of hydrogen-bond donors (Lipinski definition) is 0. The second-order valence-electron chi connectivity index (χ2n) is 14.8. The summed E-state index contributed by atoms with van der Waals surface area (Å²) in [7, 11) is 0. The summed E-state index contributed by atoms with van der Waals surface area (Å²) in [5, 5.41) is 6.97. The predicted molar refractivity (Wildman–Crippen MR) is 245 cm³/mol. The SMILES string of the molecule is c1ccc(-c2ccccc2-c2ccccc2N(c2ccccc2-c2ccc3ccccc3c2)c2ccc(-c3cccc4ccccc34)c3oc4ccccc4c23)cc1. The molecule has 1 aromatic heterocycles. The van der Waals surface area contributed by atoms with Crippen LogP contribution in [0.1, 0.15) is 0 Å². The Hall–Kier alpha value is -7.68. The van der Waals surface area contributed by atoms with E-state index >= 15 is 0 Å². The van der Waals surface area contributed by atoms with Crippen LogP contribution in [0, 0.1) is 0 Å². The fraction of sp³-hybridized carbons (Fsp3) is 0. The predicted octanol–water partition coefficient (Wildman–Crippen LogP) is 16.0. The van der Waals surface area contributed by atoms with Gasteiger partial charge in [0.1, 0.15) is 11.2 Å². The van der Waals surface area contributed by atoms with Crippen molar-refractivity contribution >= 4 is 60.5 Å². The van der Waals surface area contributed by atoms with Crippen LogP contribution in [-0.4, -0.2) is 0 Å². The first-order valence-electron chi connectivity index (χ1n) is 19.8. The lowest BCUT2D eigenvalue weighted by Crippen LogP contribution is -2.13. The summed E-state index contributed by atoms with van der Waals surface area (Å²) in [5.41, 5.74) is 14.1. The first-order valence-corrected chi connectivity index (χ1v) is 19.8. The molecule has 0 atom stereocenters. The van der Waals surface area contributed by atoms with E-state index in [0.29, 0.717) is 0 Å². The van der Waals surface area contributed by atoms with Gasteiger partial charge in [-0.3, -0.25) is 0 Å². The highest BCUT2D eigenvalue weighted by Crippen LogP contribution is 2.51. The van der Waals surface area contributed by atoms with Crippen LogP contribution in [0.4, 0.5) is 17.1 Å². The molecule has 11 aromatic rings. The minimum Gasteiger partial charge on any atom is -0.455 e. The van der Waals surface area contributed by atoms with Crippen molar-refractivity contribution in [2.45, 2.75) is 0 Å². The molecule has 0 N–H and O–H groups in total.